The Morgan fingerprint density at radius 1 is 0.773 bits per heavy atom. The molecule has 0 rings (SSSR count). The Bertz CT molecular complexity index is 538. The Morgan fingerprint density at radius 3 is 1.05 bits per heavy atom. The summed E-state index contributed by atoms with van der Waals surface area (Å²) in [5.41, 5.74) is -10.8. The van der Waals surface area contributed by atoms with E-state index in [0.717, 1.165) is 0 Å². The Balaban J connectivity index is 0. The van der Waals surface area contributed by atoms with Crippen LogP contribution in [0.3, 0.4) is 0 Å². The zero-order valence-corrected chi connectivity index (χ0v) is 13.3. The molecule has 0 aliphatic carbocycles. The topological polar surface area (TPSA) is 91.3 Å². The van der Waals surface area contributed by atoms with Crippen LogP contribution in [0.25, 0.3) is 0 Å². The van der Waals surface area contributed by atoms with Crippen LogP contribution in [0.4, 0.5) is 26.3 Å². The first-order valence-electron chi connectivity index (χ1n) is 5.63. The van der Waals surface area contributed by atoms with Gasteiger partial charge in [-0.1, -0.05) is 0 Å². The predicted molar refractivity (Wildman–Crippen MR) is 62.6 cm³/mol. The fourth-order valence-corrected chi connectivity index (χ4v) is 2.86. The second kappa shape index (κ2) is 7.31. The summed E-state index contributed by atoms with van der Waals surface area (Å²) in [6.07, 6.45) is 0. The standard InChI is InChI=1S/C7H15F3NO2S.CHF3O3S/c1-4-11(5-2,6-3)14(12,13)7(8,9)10;2-1(3,4)8(5,6)7/h4-6H2,1-3H3;(H,5,6,7)/q+1;/p-1. The second-order valence-corrected chi connectivity index (χ2v) is 7.39. The van der Waals surface area contributed by atoms with Crippen molar-refractivity contribution in [2.24, 2.45) is 0 Å². The average molecular weight is 383 g/mol. The molecule has 0 unspecified atom stereocenters. The number of halogens is 6. The fraction of sp³-hybridized carbons (Fsp3) is 1.00. The molecule has 0 radical (unpaired) electrons. The molecule has 6 nitrogen and oxygen atoms in total. The van der Waals surface area contributed by atoms with Gasteiger partial charge in [-0.2, -0.15) is 34.8 Å². The summed E-state index contributed by atoms with van der Waals surface area (Å²) >= 11 is 0. The summed E-state index contributed by atoms with van der Waals surface area (Å²) in [6.45, 7) is 4.10. The lowest BCUT2D eigenvalue weighted by Gasteiger charge is -2.33. The van der Waals surface area contributed by atoms with Crippen LogP contribution in [0.5, 0.6) is 0 Å². The van der Waals surface area contributed by atoms with E-state index in [1.54, 1.807) is 0 Å². The van der Waals surface area contributed by atoms with Crippen molar-refractivity contribution in [1.82, 2.24) is 0 Å². The van der Waals surface area contributed by atoms with Gasteiger partial charge < -0.3 is 4.55 Å². The summed E-state index contributed by atoms with van der Waals surface area (Å²) in [5.74, 6) is 0. The molecule has 0 aromatic heterocycles. The molecule has 0 saturated carbocycles. The van der Waals surface area contributed by atoms with E-state index in [1.807, 2.05) is 0 Å². The smallest absolute Gasteiger partial charge is 0.549 e. The first kappa shape index (κ1) is 23.7. The highest BCUT2D eigenvalue weighted by molar-refractivity contribution is 7.87. The van der Waals surface area contributed by atoms with Gasteiger partial charge in [-0.15, -0.1) is 0 Å². The Kier molecular flexibility index (Phi) is 7.87. The molecule has 0 bridgehead atoms. The number of nitrogens with zero attached hydrogens (tertiary/aromatic N) is 1. The van der Waals surface area contributed by atoms with Crippen LogP contribution in [0.15, 0.2) is 0 Å². The quantitative estimate of drug-likeness (QED) is 0.319. The molecule has 136 valence electrons. The normalized spacial score (nSPS) is 14.3. The third-order valence-corrected chi connectivity index (χ3v) is 5.76. The molecule has 0 aliphatic rings. The van der Waals surface area contributed by atoms with E-state index in [-0.39, 0.29) is 19.6 Å². The monoisotopic (exact) mass is 383 g/mol. The van der Waals surface area contributed by atoms with E-state index in [2.05, 4.69) is 0 Å². The van der Waals surface area contributed by atoms with Gasteiger partial charge >= 0.3 is 21.0 Å². The molecule has 0 saturated heterocycles. The number of alkyl halides is 6. The van der Waals surface area contributed by atoms with Crippen molar-refractivity contribution >= 4 is 20.1 Å². The maximum Gasteiger partial charge on any atom is 0.549 e. The van der Waals surface area contributed by atoms with Crippen LogP contribution < -0.4 is 0 Å². The summed E-state index contributed by atoms with van der Waals surface area (Å²) in [5, 5.41) is 0. The molecule has 0 fully saturated rings. The molecular weight excluding hydrogens is 368 g/mol. The fourth-order valence-electron chi connectivity index (χ4n) is 1.40. The van der Waals surface area contributed by atoms with Crippen LogP contribution >= 0.6 is 0 Å². The molecule has 0 atom stereocenters. The van der Waals surface area contributed by atoms with Gasteiger partial charge in [-0.3, -0.25) is 0 Å². The minimum Gasteiger partial charge on any atom is -0.741 e. The third kappa shape index (κ3) is 5.24. The zero-order chi connectivity index (χ0) is 18.6. The molecule has 0 N–H and O–H groups in total. The SMILES string of the molecule is CC[N+](CC)(CC)S(=O)(=O)C(F)(F)F.O=S(=O)([O-])C(F)(F)F. The summed E-state index contributed by atoms with van der Waals surface area (Å²) in [4.78, 5) is 0. The molecule has 0 amide bonds. The Labute approximate surface area is 124 Å². The van der Waals surface area contributed by atoms with E-state index >= 15 is 0 Å². The summed E-state index contributed by atoms with van der Waals surface area (Å²) in [6, 6.07) is 0. The van der Waals surface area contributed by atoms with Crippen molar-refractivity contribution in [2.45, 2.75) is 31.8 Å². The van der Waals surface area contributed by atoms with E-state index in [0.29, 0.717) is 0 Å². The minimum atomic E-state index is -6.09. The number of quaternary nitrogens is 1. The van der Waals surface area contributed by atoms with Gasteiger partial charge in [0.25, 0.3) is 0 Å². The average Bonchev–Trinajstić information content (AvgIpc) is 2.28. The van der Waals surface area contributed by atoms with Gasteiger partial charge in [0.2, 0.25) is 0 Å². The number of sulfonamides is 1. The maximum atomic E-state index is 12.3. The molecule has 0 aromatic rings. The highest BCUT2D eigenvalue weighted by Gasteiger charge is 2.58. The van der Waals surface area contributed by atoms with Gasteiger partial charge in [-0.25, -0.2) is 12.3 Å². The lowest BCUT2D eigenvalue weighted by molar-refractivity contribution is -0.803. The van der Waals surface area contributed by atoms with Crippen molar-refractivity contribution in [3.8, 4) is 0 Å². The number of hydrogen-bond donors (Lipinski definition) is 0. The minimum absolute atomic E-state index is 0.0746. The van der Waals surface area contributed by atoms with Gasteiger partial charge in [-0.05, 0) is 20.8 Å². The second-order valence-electron chi connectivity index (χ2n) is 3.83. The zero-order valence-electron chi connectivity index (χ0n) is 11.7. The molecule has 0 aliphatic heterocycles. The summed E-state index contributed by atoms with van der Waals surface area (Å²) in [7, 11) is -11.2. The van der Waals surface area contributed by atoms with Crippen molar-refractivity contribution in [2.75, 3.05) is 19.6 Å². The molecule has 22 heavy (non-hydrogen) atoms. The largest absolute Gasteiger partial charge is 0.741 e. The van der Waals surface area contributed by atoms with Crippen LogP contribution in [0.2, 0.25) is 0 Å². The van der Waals surface area contributed by atoms with E-state index in [9.17, 15) is 34.8 Å². The first-order valence-corrected chi connectivity index (χ1v) is 8.48. The third-order valence-electron chi connectivity index (χ3n) is 2.81. The molecule has 0 heterocycles. The van der Waals surface area contributed by atoms with Gasteiger partial charge in [0.15, 0.2) is 10.1 Å². The van der Waals surface area contributed by atoms with Crippen molar-refractivity contribution in [1.29, 1.82) is 0 Å². The van der Waals surface area contributed by atoms with Gasteiger partial charge in [0, 0.05) is 0 Å². The van der Waals surface area contributed by atoms with Crippen LogP contribution in [-0.2, 0) is 20.1 Å². The molecular formula is C8H15F6NO5S2. The van der Waals surface area contributed by atoms with E-state index < -0.39 is 35.0 Å². The number of hydrogen-bond acceptors (Lipinski definition) is 5. The van der Waals surface area contributed by atoms with Crippen LogP contribution in [0, 0.1) is 0 Å². The van der Waals surface area contributed by atoms with Gasteiger partial charge in [0.05, 0.1) is 19.6 Å². The van der Waals surface area contributed by atoms with Crippen molar-refractivity contribution in [3.05, 3.63) is 0 Å². The maximum absolute atomic E-state index is 12.3. The van der Waals surface area contributed by atoms with Crippen LogP contribution in [-0.4, -0.2) is 55.9 Å². The predicted octanol–water partition coefficient (Wildman–Crippen LogP) is 1.76. The van der Waals surface area contributed by atoms with Crippen molar-refractivity contribution < 1.29 is 51.6 Å². The van der Waals surface area contributed by atoms with E-state index in [1.165, 1.54) is 20.8 Å². The van der Waals surface area contributed by atoms with Gasteiger partial charge in [0.1, 0.15) is 0 Å². The lowest BCUT2D eigenvalue weighted by Crippen LogP contribution is -2.57. The molecule has 0 spiro atoms. The molecule has 0 aromatic carbocycles. The van der Waals surface area contributed by atoms with Crippen molar-refractivity contribution in [3.63, 3.8) is 0 Å². The van der Waals surface area contributed by atoms with E-state index in [4.69, 9.17) is 13.0 Å². The summed E-state index contributed by atoms with van der Waals surface area (Å²) < 4.78 is 117. The first-order chi connectivity index (χ1) is 9.43. The Hall–Kier alpha value is -0.600. The number of rotatable bonds is 4. The Morgan fingerprint density at radius 2 is 1.00 bits per heavy atom. The molecule has 14 heteroatoms. The van der Waals surface area contributed by atoms with Crippen LogP contribution in [0.1, 0.15) is 20.8 Å². The highest BCUT2D eigenvalue weighted by atomic mass is 32.2. The lowest BCUT2D eigenvalue weighted by atomic mass is 10.5. The highest BCUT2D eigenvalue weighted by Crippen LogP contribution is 2.31.